The molecular formula is C20H20ClN3O2S2. The fraction of sp³-hybridized carbons (Fsp3) is 0.300. The van der Waals surface area contributed by atoms with Gasteiger partial charge in [-0.1, -0.05) is 17.7 Å². The zero-order valence-corrected chi connectivity index (χ0v) is 17.7. The lowest BCUT2D eigenvalue weighted by atomic mass is 9.83. The summed E-state index contributed by atoms with van der Waals surface area (Å²) in [5.41, 5.74) is 4.37. The second-order valence-electron chi connectivity index (χ2n) is 7.45. The van der Waals surface area contributed by atoms with Crippen LogP contribution < -0.4 is 5.32 Å². The number of fused-ring (bicyclic) bond motifs is 4. The number of hydrogen-bond donors (Lipinski definition) is 1. The average molecular weight is 434 g/mol. The molecule has 5 nitrogen and oxygen atoms in total. The highest BCUT2D eigenvalue weighted by molar-refractivity contribution is 7.91. The molecule has 0 amide bonds. The lowest BCUT2D eigenvalue weighted by Gasteiger charge is -2.45. The van der Waals surface area contributed by atoms with Gasteiger partial charge in [-0.25, -0.2) is 8.42 Å². The quantitative estimate of drug-likeness (QED) is 0.642. The summed E-state index contributed by atoms with van der Waals surface area (Å²) in [6, 6.07) is 13.8. The van der Waals surface area contributed by atoms with E-state index in [2.05, 4.69) is 53.3 Å². The minimum Gasteiger partial charge on any atom is -0.372 e. The van der Waals surface area contributed by atoms with Gasteiger partial charge in [-0.3, -0.25) is 0 Å². The van der Waals surface area contributed by atoms with Crippen molar-refractivity contribution >= 4 is 38.6 Å². The molecule has 0 unspecified atom stereocenters. The van der Waals surface area contributed by atoms with Crippen molar-refractivity contribution < 1.29 is 8.42 Å². The Labute approximate surface area is 173 Å². The lowest BCUT2D eigenvalue weighted by Crippen LogP contribution is -2.50. The van der Waals surface area contributed by atoms with Crippen molar-refractivity contribution in [3.63, 3.8) is 0 Å². The van der Waals surface area contributed by atoms with Crippen molar-refractivity contribution in [3.05, 3.63) is 64.3 Å². The first kappa shape index (κ1) is 18.2. The molecule has 8 heteroatoms. The molecule has 0 bridgehead atoms. The molecule has 1 fully saturated rings. The number of benzene rings is 1. The van der Waals surface area contributed by atoms with Gasteiger partial charge in [0.25, 0.3) is 10.0 Å². The minimum atomic E-state index is -3.49. The average Bonchev–Trinajstić information content (AvgIpc) is 3.32. The number of nitrogens with one attached hydrogen (secondary N) is 1. The van der Waals surface area contributed by atoms with Crippen LogP contribution in [0.1, 0.15) is 24.1 Å². The summed E-state index contributed by atoms with van der Waals surface area (Å²) in [6.07, 6.45) is 3.51. The van der Waals surface area contributed by atoms with Gasteiger partial charge in [0.2, 0.25) is 0 Å². The molecular weight excluding hydrogens is 414 g/mol. The first-order valence-electron chi connectivity index (χ1n) is 9.22. The highest BCUT2D eigenvalue weighted by atomic mass is 35.5. The van der Waals surface area contributed by atoms with Gasteiger partial charge < -0.3 is 9.88 Å². The summed E-state index contributed by atoms with van der Waals surface area (Å²) in [6.45, 7) is 3.02. The largest absolute Gasteiger partial charge is 0.372 e. The summed E-state index contributed by atoms with van der Waals surface area (Å²) in [7, 11) is -3.49. The molecule has 28 heavy (non-hydrogen) atoms. The van der Waals surface area contributed by atoms with Crippen LogP contribution >= 0.6 is 22.9 Å². The maximum atomic E-state index is 13.0. The van der Waals surface area contributed by atoms with E-state index < -0.39 is 10.0 Å². The Bertz CT molecular complexity index is 1160. The van der Waals surface area contributed by atoms with E-state index in [1.165, 1.54) is 11.3 Å². The second-order valence-corrected chi connectivity index (χ2v) is 11.3. The Morgan fingerprint density at radius 3 is 2.64 bits per heavy atom. The van der Waals surface area contributed by atoms with Gasteiger partial charge in [0.15, 0.2) is 0 Å². The van der Waals surface area contributed by atoms with E-state index >= 15 is 0 Å². The maximum Gasteiger partial charge on any atom is 0.252 e. The third-order valence-corrected chi connectivity index (χ3v) is 9.34. The van der Waals surface area contributed by atoms with E-state index in [9.17, 15) is 8.42 Å². The van der Waals surface area contributed by atoms with Crippen molar-refractivity contribution in [1.29, 1.82) is 0 Å². The number of piperidine rings is 1. The molecule has 0 aliphatic carbocycles. The van der Waals surface area contributed by atoms with Crippen LogP contribution in [0.5, 0.6) is 0 Å². The van der Waals surface area contributed by atoms with Crippen LogP contribution in [0.15, 0.2) is 52.9 Å². The molecule has 1 N–H and O–H groups in total. The number of anilines is 1. The number of thiophene rings is 1. The van der Waals surface area contributed by atoms with Crippen LogP contribution in [-0.2, 0) is 15.6 Å². The number of halogens is 1. The number of aromatic nitrogens is 1. The van der Waals surface area contributed by atoms with Crippen LogP contribution in [-0.4, -0.2) is 30.4 Å². The Balaban J connectivity index is 1.46. The topological polar surface area (TPSA) is 54.3 Å². The second kappa shape index (κ2) is 6.35. The fourth-order valence-corrected chi connectivity index (χ4v) is 7.39. The smallest absolute Gasteiger partial charge is 0.252 e. The highest BCUT2D eigenvalue weighted by Crippen LogP contribution is 2.44. The van der Waals surface area contributed by atoms with E-state index in [4.69, 9.17) is 11.6 Å². The van der Waals surface area contributed by atoms with Gasteiger partial charge in [0, 0.05) is 25.0 Å². The normalized spacial score (nSPS) is 18.5. The van der Waals surface area contributed by atoms with E-state index in [-0.39, 0.29) is 5.54 Å². The molecule has 5 rings (SSSR count). The predicted octanol–water partition coefficient (Wildman–Crippen LogP) is 4.61. The standard InChI is InChI=1S/C20H20ClN3O2S2/c1-14-4-5-16-15(13-14)22-20(17-3-2-10-24(16)17)8-11-23(12-9-20)28(25,26)19-7-6-18(21)27-19/h2-7,10,13,22H,8-9,11-12H2,1H3. The van der Waals surface area contributed by atoms with Crippen LogP contribution in [0.25, 0.3) is 5.69 Å². The van der Waals surface area contributed by atoms with E-state index in [1.807, 2.05) is 0 Å². The van der Waals surface area contributed by atoms with Crippen molar-refractivity contribution in [2.45, 2.75) is 29.5 Å². The molecule has 0 saturated carbocycles. The van der Waals surface area contributed by atoms with Crippen LogP contribution in [0.4, 0.5) is 5.69 Å². The summed E-state index contributed by atoms with van der Waals surface area (Å²) >= 11 is 7.06. The molecule has 146 valence electrons. The molecule has 3 aromatic rings. The molecule has 2 aliphatic rings. The van der Waals surface area contributed by atoms with Gasteiger partial charge in [0.05, 0.1) is 21.3 Å². The van der Waals surface area contributed by atoms with Crippen molar-refractivity contribution in [3.8, 4) is 5.69 Å². The van der Waals surface area contributed by atoms with E-state index in [1.54, 1.807) is 16.4 Å². The van der Waals surface area contributed by atoms with Crippen molar-refractivity contribution in [2.24, 2.45) is 0 Å². The summed E-state index contributed by atoms with van der Waals surface area (Å²) in [5, 5.41) is 3.75. The lowest BCUT2D eigenvalue weighted by molar-refractivity contribution is 0.248. The van der Waals surface area contributed by atoms with Crippen molar-refractivity contribution in [2.75, 3.05) is 18.4 Å². The third kappa shape index (κ3) is 2.72. The van der Waals surface area contributed by atoms with Gasteiger partial charge in [-0.15, -0.1) is 11.3 Å². The van der Waals surface area contributed by atoms with Gasteiger partial charge in [-0.05, 0) is 61.7 Å². The fourth-order valence-electron chi connectivity index (χ4n) is 4.32. The summed E-state index contributed by atoms with van der Waals surface area (Å²) in [5.74, 6) is 0. The molecule has 1 saturated heterocycles. The first-order valence-corrected chi connectivity index (χ1v) is 11.9. The van der Waals surface area contributed by atoms with Crippen LogP contribution in [0.3, 0.4) is 0 Å². The minimum absolute atomic E-state index is 0.261. The molecule has 1 spiro atoms. The summed E-state index contributed by atoms with van der Waals surface area (Å²) in [4.78, 5) is 0. The predicted molar refractivity (Wildman–Crippen MR) is 113 cm³/mol. The number of nitrogens with zero attached hydrogens (tertiary/aromatic N) is 2. The molecule has 1 aromatic carbocycles. The molecule has 2 aliphatic heterocycles. The van der Waals surface area contributed by atoms with Crippen molar-refractivity contribution in [1.82, 2.24) is 8.87 Å². The Kier molecular flexibility index (Phi) is 4.14. The third-order valence-electron chi connectivity index (χ3n) is 5.74. The van der Waals surface area contributed by atoms with Crippen LogP contribution in [0.2, 0.25) is 4.34 Å². The monoisotopic (exact) mass is 433 g/mol. The zero-order valence-electron chi connectivity index (χ0n) is 15.4. The highest BCUT2D eigenvalue weighted by Gasteiger charge is 2.44. The SMILES string of the molecule is Cc1ccc2c(c1)NC1(CCN(S(=O)(=O)c3ccc(Cl)s3)CC1)c1cccn1-2. The van der Waals surface area contributed by atoms with Gasteiger partial charge >= 0.3 is 0 Å². The molecule has 4 heterocycles. The number of rotatable bonds is 2. The number of aryl methyl sites for hydroxylation is 1. The van der Waals surface area contributed by atoms with Gasteiger partial charge in [0.1, 0.15) is 4.21 Å². The zero-order chi connectivity index (χ0) is 19.5. The Morgan fingerprint density at radius 2 is 1.93 bits per heavy atom. The summed E-state index contributed by atoms with van der Waals surface area (Å²) < 4.78 is 30.5. The maximum absolute atomic E-state index is 13.0. The molecule has 0 radical (unpaired) electrons. The number of hydrogen-bond acceptors (Lipinski definition) is 4. The molecule has 0 atom stereocenters. The molecule has 2 aromatic heterocycles. The van der Waals surface area contributed by atoms with E-state index in [0.717, 1.165) is 22.7 Å². The Morgan fingerprint density at radius 1 is 1.14 bits per heavy atom. The first-order chi connectivity index (χ1) is 13.4. The van der Waals surface area contributed by atoms with Crippen LogP contribution in [0, 0.1) is 6.92 Å². The Hall–Kier alpha value is -1.80. The van der Waals surface area contributed by atoms with E-state index in [0.29, 0.717) is 34.5 Å². The van der Waals surface area contributed by atoms with Gasteiger partial charge in [-0.2, -0.15) is 4.31 Å². The number of sulfonamides is 1.